The topological polar surface area (TPSA) is 111 Å². The molecule has 2 heterocycles. The molecule has 0 amide bonds. The van der Waals surface area contributed by atoms with Crippen LogP contribution in [0.5, 0.6) is 5.75 Å². The number of rotatable bonds is 12. The molecule has 0 saturated carbocycles. The summed E-state index contributed by atoms with van der Waals surface area (Å²) in [6, 6.07) is 6.98. The average molecular weight is 585 g/mol. The van der Waals surface area contributed by atoms with Crippen LogP contribution in [0.1, 0.15) is 32.3 Å². The first-order valence-corrected chi connectivity index (χ1v) is 13.8. The normalized spacial score (nSPS) is 15.2. The third-order valence-corrected chi connectivity index (χ3v) is 7.09. The van der Waals surface area contributed by atoms with Gasteiger partial charge in [0.1, 0.15) is 17.9 Å². The predicted octanol–water partition coefficient (Wildman–Crippen LogP) is 5.52. The minimum absolute atomic E-state index is 0.0943. The Balaban J connectivity index is 1.65. The fourth-order valence-electron chi connectivity index (χ4n) is 4.98. The van der Waals surface area contributed by atoms with Crippen molar-refractivity contribution in [2.75, 3.05) is 61.7 Å². The van der Waals surface area contributed by atoms with Crippen molar-refractivity contribution in [1.82, 2.24) is 19.9 Å². The van der Waals surface area contributed by atoms with Crippen LogP contribution in [0.4, 0.5) is 39.0 Å². The summed E-state index contributed by atoms with van der Waals surface area (Å²) < 4.78 is 20.0. The zero-order chi connectivity index (χ0) is 29.7. The third kappa shape index (κ3) is 7.35. The molecule has 1 saturated heterocycles. The molecule has 1 aliphatic rings. The van der Waals surface area contributed by atoms with E-state index >= 15 is 0 Å². The molecule has 220 valence electrons. The summed E-state index contributed by atoms with van der Waals surface area (Å²) >= 11 is 6.02. The number of aromatic nitrogens is 3. The second kappa shape index (κ2) is 12.9. The minimum Gasteiger partial charge on any atom is -0.494 e. The maximum atomic E-state index is 14.2. The Morgan fingerprint density at radius 2 is 1.88 bits per heavy atom. The van der Waals surface area contributed by atoms with Crippen molar-refractivity contribution in [1.29, 1.82) is 0 Å². The zero-order valence-electron chi connectivity index (χ0n) is 24.1. The molecule has 4 rings (SSSR count). The highest BCUT2D eigenvalue weighted by Crippen LogP contribution is 2.41. The molecule has 0 unspecified atom stereocenters. The third-order valence-electron chi connectivity index (χ3n) is 6.80. The number of nitrogens with one attached hydrogen (secondary N) is 3. The number of likely N-dealkylation sites (N-methyl/N-ethyl adjacent to an activating group) is 1. The van der Waals surface area contributed by atoms with Gasteiger partial charge in [-0.1, -0.05) is 17.7 Å². The lowest BCUT2D eigenvalue weighted by Crippen LogP contribution is -2.38. The number of hydrogen-bond acceptors (Lipinski definition) is 10. The van der Waals surface area contributed by atoms with Crippen molar-refractivity contribution in [3.63, 3.8) is 0 Å². The van der Waals surface area contributed by atoms with Crippen LogP contribution in [0.2, 0.25) is 5.02 Å². The molecule has 10 nitrogen and oxygen atoms in total. The van der Waals surface area contributed by atoms with Gasteiger partial charge in [0, 0.05) is 43.0 Å². The van der Waals surface area contributed by atoms with Crippen LogP contribution >= 0.6 is 11.6 Å². The summed E-state index contributed by atoms with van der Waals surface area (Å²) in [5.41, 5.74) is 1.99. The maximum Gasteiger partial charge on any atom is 0.232 e. The maximum absolute atomic E-state index is 14.2. The second-order valence-corrected chi connectivity index (χ2v) is 11.2. The Hall–Kier alpha value is -3.67. The van der Waals surface area contributed by atoms with Crippen LogP contribution in [0.15, 0.2) is 43.2 Å². The lowest BCUT2D eigenvalue weighted by atomic mass is 9.96. The average Bonchev–Trinajstić information content (AvgIpc) is 3.36. The fraction of sp³-hybridized carbons (Fsp3) is 0.414. The molecular formula is C29H38ClFN8O2. The molecule has 1 atom stereocenters. The standard InChI is InChI=1S/C29H38ClFN8O2/c1-7-10-32-23-14-24(26(41-6)15-25(23)39-11-8-9-18(39)16-38(4)5)36-28-34-17-33-27(37-28)35-22-13-20(30)21(31)12-19(22)29(2,3)40/h7,12-15,17-18,32,40H,1,8-11,16H2,2-6H3,(H2,33,34,35,36,37)/t18-/m0/s1. The number of ether oxygens (including phenoxy) is 1. The highest BCUT2D eigenvalue weighted by molar-refractivity contribution is 6.31. The zero-order valence-corrected chi connectivity index (χ0v) is 24.9. The molecule has 1 fully saturated rings. The van der Waals surface area contributed by atoms with Gasteiger partial charge in [-0.3, -0.25) is 0 Å². The van der Waals surface area contributed by atoms with Gasteiger partial charge in [0.05, 0.1) is 34.8 Å². The minimum atomic E-state index is -1.34. The number of aliphatic hydroxyl groups is 1. The Labute approximate surface area is 245 Å². The molecule has 0 bridgehead atoms. The first-order valence-electron chi connectivity index (χ1n) is 13.4. The van der Waals surface area contributed by atoms with Crippen LogP contribution in [0, 0.1) is 5.82 Å². The van der Waals surface area contributed by atoms with E-state index in [0.717, 1.165) is 37.3 Å². The van der Waals surface area contributed by atoms with Crippen LogP contribution in [-0.2, 0) is 5.60 Å². The van der Waals surface area contributed by atoms with E-state index < -0.39 is 11.4 Å². The predicted molar refractivity (Wildman–Crippen MR) is 164 cm³/mol. The monoisotopic (exact) mass is 584 g/mol. The largest absolute Gasteiger partial charge is 0.494 e. The van der Waals surface area contributed by atoms with E-state index in [1.54, 1.807) is 21.0 Å². The molecule has 0 aliphatic carbocycles. The van der Waals surface area contributed by atoms with Crippen molar-refractivity contribution in [2.24, 2.45) is 0 Å². The van der Waals surface area contributed by atoms with E-state index in [9.17, 15) is 9.50 Å². The second-order valence-electron chi connectivity index (χ2n) is 10.7. The Kier molecular flexibility index (Phi) is 9.52. The van der Waals surface area contributed by atoms with Gasteiger partial charge >= 0.3 is 0 Å². The number of hydrogen-bond donors (Lipinski definition) is 4. The Morgan fingerprint density at radius 1 is 1.17 bits per heavy atom. The van der Waals surface area contributed by atoms with E-state index in [4.69, 9.17) is 16.3 Å². The Morgan fingerprint density at radius 3 is 2.51 bits per heavy atom. The lowest BCUT2D eigenvalue weighted by molar-refractivity contribution is 0.0790. The van der Waals surface area contributed by atoms with Crippen molar-refractivity contribution < 1.29 is 14.2 Å². The van der Waals surface area contributed by atoms with E-state index in [-0.39, 0.29) is 16.9 Å². The number of methoxy groups -OCH3 is 1. The summed E-state index contributed by atoms with van der Waals surface area (Å²) in [6.07, 6.45) is 5.41. The van der Waals surface area contributed by atoms with Gasteiger partial charge < -0.3 is 35.6 Å². The van der Waals surface area contributed by atoms with E-state index in [2.05, 4.69) is 61.4 Å². The molecular weight excluding hydrogens is 547 g/mol. The van der Waals surface area contributed by atoms with Gasteiger partial charge in [-0.2, -0.15) is 4.98 Å². The summed E-state index contributed by atoms with van der Waals surface area (Å²) in [5.74, 6) is 0.433. The van der Waals surface area contributed by atoms with Crippen LogP contribution in [0.25, 0.3) is 0 Å². The van der Waals surface area contributed by atoms with Crippen LogP contribution in [-0.4, -0.2) is 71.8 Å². The summed E-state index contributed by atoms with van der Waals surface area (Å²) in [6.45, 7) is 9.47. The van der Waals surface area contributed by atoms with Crippen LogP contribution in [0.3, 0.4) is 0 Å². The number of benzene rings is 2. The molecule has 3 aromatic rings. The summed E-state index contributed by atoms with van der Waals surface area (Å²) in [5, 5.41) is 20.2. The smallest absolute Gasteiger partial charge is 0.232 e. The SMILES string of the molecule is C=CCNc1cc(Nc2ncnc(Nc3cc(Cl)c(F)cc3C(C)(C)O)n2)c(OC)cc1N1CCC[C@H]1CN(C)C. The van der Waals surface area contributed by atoms with Gasteiger partial charge in [0.25, 0.3) is 0 Å². The lowest BCUT2D eigenvalue weighted by Gasteiger charge is -2.31. The summed E-state index contributed by atoms with van der Waals surface area (Å²) in [4.78, 5) is 17.6. The first kappa shape index (κ1) is 30.3. The molecule has 41 heavy (non-hydrogen) atoms. The molecule has 0 spiro atoms. The van der Waals surface area contributed by atoms with E-state index in [0.29, 0.717) is 35.3 Å². The van der Waals surface area contributed by atoms with Gasteiger partial charge in [-0.15, -0.1) is 6.58 Å². The molecule has 0 radical (unpaired) electrons. The van der Waals surface area contributed by atoms with Gasteiger partial charge in [-0.05, 0) is 59.0 Å². The number of anilines is 6. The van der Waals surface area contributed by atoms with Crippen molar-refractivity contribution in [3.05, 3.63) is 59.7 Å². The molecule has 1 aliphatic heterocycles. The van der Waals surface area contributed by atoms with E-state index in [1.165, 1.54) is 18.5 Å². The number of halogens is 2. The quantitative estimate of drug-likeness (QED) is 0.203. The van der Waals surface area contributed by atoms with Gasteiger partial charge in [-0.25, -0.2) is 14.4 Å². The highest BCUT2D eigenvalue weighted by atomic mass is 35.5. The molecule has 2 aromatic carbocycles. The van der Waals surface area contributed by atoms with Crippen molar-refractivity contribution in [3.8, 4) is 5.75 Å². The number of nitrogens with zero attached hydrogens (tertiary/aromatic N) is 5. The summed E-state index contributed by atoms with van der Waals surface area (Å²) in [7, 11) is 5.81. The first-order chi connectivity index (χ1) is 19.5. The van der Waals surface area contributed by atoms with Crippen LogP contribution < -0.4 is 25.6 Å². The Bertz CT molecular complexity index is 1380. The molecule has 4 N–H and O–H groups in total. The fourth-order valence-corrected chi connectivity index (χ4v) is 5.14. The molecule has 12 heteroatoms. The van der Waals surface area contributed by atoms with Gasteiger partial charge in [0.15, 0.2) is 0 Å². The van der Waals surface area contributed by atoms with Crippen molar-refractivity contribution >= 4 is 46.2 Å². The van der Waals surface area contributed by atoms with Gasteiger partial charge in [0.2, 0.25) is 11.9 Å². The van der Waals surface area contributed by atoms with E-state index in [1.807, 2.05) is 18.2 Å². The molecule has 1 aromatic heterocycles. The van der Waals surface area contributed by atoms with Crippen molar-refractivity contribution in [2.45, 2.75) is 38.3 Å². The highest BCUT2D eigenvalue weighted by Gasteiger charge is 2.28.